The summed E-state index contributed by atoms with van der Waals surface area (Å²) in [5, 5.41) is 13.2. The molecule has 19 heavy (non-hydrogen) atoms. The van der Waals surface area contributed by atoms with Crippen LogP contribution in [0.4, 0.5) is 5.69 Å². The molecule has 0 radical (unpaired) electrons. The first-order valence-corrected chi connectivity index (χ1v) is 6.91. The fraction of sp³-hybridized carbons (Fsp3) is 0.286. The molecular weight excluding hydrogens is 260 g/mol. The Morgan fingerprint density at radius 2 is 2.05 bits per heavy atom. The molecule has 0 bridgehead atoms. The van der Waals surface area contributed by atoms with E-state index in [9.17, 15) is 10.1 Å². The number of rotatable bonds is 5. The fourth-order valence-electron chi connectivity index (χ4n) is 2.22. The van der Waals surface area contributed by atoms with Gasteiger partial charge in [0.1, 0.15) is 0 Å². The molecular formula is C14H16N2O2S. The van der Waals surface area contributed by atoms with Gasteiger partial charge in [-0.05, 0) is 17.9 Å². The predicted molar refractivity (Wildman–Crippen MR) is 77.5 cm³/mol. The molecule has 100 valence electrons. The lowest BCUT2D eigenvalue weighted by Crippen LogP contribution is -2.34. The maximum Gasteiger partial charge on any atom is 0.273 e. The summed E-state index contributed by atoms with van der Waals surface area (Å²) in [7, 11) is 0. The first-order chi connectivity index (χ1) is 9.07. The zero-order valence-electron chi connectivity index (χ0n) is 10.7. The summed E-state index contributed by atoms with van der Waals surface area (Å²) in [6.07, 6.45) is 0.714. The van der Waals surface area contributed by atoms with Crippen molar-refractivity contribution < 1.29 is 4.92 Å². The van der Waals surface area contributed by atoms with Crippen LogP contribution in [0.15, 0.2) is 41.8 Å². The lowest BCUT2D eigenvalue weighted by atomic mass is 9.78. The van der Waals surface area contributed by atoms with Crippen LogP contribution in [0.3, 0.4) is 0 Å². The number of hydrogen-bond donors (Lipinski definition) is 1. The van der Waals surface area contributed by atoms with Gasteiger partial charge in [0, 0.05) is 28.5 Å². The monoisotopic (exact) mass is 276 g/mol. The van der Waals surface area contributed by atoms with Gasteiger partial charge in [-0.25, -0.2) is 0 Å². The van der Waals surface area contributed by atoms with Crippen LogP contribution in [0.2, 0.25) is 0 Å². The predicted octanol–water partition coefficient (Wildman–Crippen LogP) is 3.12. The van der Waals surface area contributed by atoms with Crippen LogP contribution in [0.5, 0.6) is 0 Å². The molecule has 0 aliphatic carbocycles. The van der Waals surface area contributed by atoms with E-state index in [0.717, 1.165) is 0 Å². The molecule has 5 heteroatoms. The van der Waals surface area contributed by atoms with Crippen molar-refractivity contribution in [2.75, 3.05) is 6.54 Å². The van der Waals surface area contributed by atoms with Crippen LogP contribution in [0, 0.1) is 10.1 Å². The van der Waals surface area contributed by atoms with E-state index in [2.05, 4.69) is 0 Å². The van der Waals surface area contributed by atoms with E-state index in [1.165, 1.54) is 10.9 Å². The number of benzene rings is 1. The van der Waals surface area contributed by atoms with Gasteiger partial charge >= 0.3 is 0 Å². The zero-order chi connectivity index (χ0) is 13.9. The van der Waals surface area contributed by atoms with Crippen molar-refractivity contribution in [3.63, 3.8) is 0 Å². The van der Waals surface area contributed by atoms with E-state index in [1.54, 1.807) is 23.5 Å². The summed E-state index contributed by atoms with van der Waals surface area (Å²) >= 11 is 1.65. The molecule has 2 rings (SSSR count). The SMILES string of the molecule is CC(CN)(Cc1cccs1)c1ccccc1[N+](=O)[O-]. The van der Waals surface area contributed by atoms with Crippen LogP contribution in [0.25, 0.3) is 0 Å². The molecule has 0 aliphatic heterocycles. The fourth-order valence-corrected chi connectivity index (χ4v) is 3.11. The van der Waals surface area contributed by atoms with E-state index in [0.29, 0.717) is 18.5 Å². The third-order valence-corrected chi connectivity index (χ3v) is 4.22. The van der Waals surface area contributed by atoms with Gasteiger partial charge in [0.2, 0.25) is 0 Å². The Kier molecular flexibility index (Phi) is 3.97. The lowest BCUT2D eigenvalue weighted by Gasteiger charge is -2.27. The van der Waals surface area contributed by atoms with Gasteiger partial charge < -0.3 is 5.73 Å². The molecule has 0 fully saturated rings. The van der Waals surface area contributed by atoms with Gasteiger partial charge in [-0.15, -0.1) is 11.3 Å². The van der Waals surface area contributed by atoms with Gasteiger partial charge in [-0.2, -0.15) is 0 Å². The summed E-state index contributed by atoms with van der Waals surface area (Å²) in [5.41, 5.74) is 6.33. The summed E-state index contributed by atoms with van der Waals surface area (Å²) in [6.45, 7) is 2.35. The zero-order valence-corrected chi connectivity index (χ0v) is 11.5. The second kappa shape index (κ2) is 5.50. The minimum absolute atomic E-state index is 0.145. The Labute approximate surface area is 116 Å². The number of para-hydroxylation sites is 1. The van der Waals surface area contributed by atoms with Gasteiger partial charge in [0.15, 0.2) is 0 Å². The second-order valence-corrected chi connectivity index (χ2v) is 5.83. The lowest BCUT2D eigenvalue weighted by molar-refractivity contribution is -0.386. The highest BCUT2D eigenvalue weighted by Gasteiger charge is 2.32. The van der Waals surface area contributed by atoms with Crippen LogP contribution < -0.4 is 5.73 Å². The van der Waals surface area contributed by atoms with Crippen molar-refractivity contribution in [2.45, 2.75) is 18.8 Å². The highest BCUT2D eigenvalue weighted by atomic mass is 32.1. The number of hydrogen-bond acceptors (Lipinski definition) is 4. The Morgan fingerprint density at radius 3 is 2.63 bits per heavy atom. The normalized spacial score (nSPS) is 14.0. The van der Waals surface area contributed by atoms with Crippen molar-refractivity contribution in [1.82, 2.24) is 0 Å². The summed E-state index contributed by atoms with van der Waals surface area (Å²) in [6, 6.07) is 10.9. The average Bonchev–Trinajstić information content (AvgIpc) is 2.91. The van der Waals surface area contributed by atoms with E-state index < -0.39 is 5.41 Å². The van der Waals surface area contributed by atoms with Crippen molar-refractivity contribution in [3.05, 3.63) is 62.3 Å². The average molecular weight is 276 g/mol. The number of nitrogens with zero attached hydrogens (tertiary/aromatic N) is 1. The minimum atomic E-state index is -0.422. The van der Waals surface area contributed by atoms with Crippen molar-refractivity contribution in [2.24, 2.45) is 5.73 Å². The minimum Gasteiger partial charge on any atom is -0.330 e. The number of nitro groups is 1. The molecule has 1 atom stereocenters. The van der Waals surface area contributed by atoms with Gasteiger partial charge in [-0.1, -0.05) is 31.2 Å². The second-order valence-electron chi connectivity index (χ2n) is 4.80. The molecule has 0 saturated carbocycles. The maximum atomic E-state index is 11.2. The van der Waals surface area contributed by atoms with Crippen molar-refractivity contribution in [3.8, 4) is 0 Å². The van der Waals surface area contributed by atoms with Gasteiger partial charge in [-0.3, -0.25) is 10.1 Å². The molecule has 0 amide bonds. The molecule has 1 unspecified atom stereocenters. The third-order valence-electron chi connectivity index (χ3n) is 3.35. The Balaban J connectivity index is 2.43. The molecule has 1 heterocycles. The van der Waals surface area contributed by atoms with Crippen LogP contribution in [0.1, 0.15) is 17.4 Å². The smallest absolute Gasteiger partial charge is 0.273 e. The quantitative estimate of drug-likeness (QED) is 0.674. The molecule has 0 spiro atoms. The highest BCUT2D eigenvalue weighted by Crippen LogP contribution is 2.34. The van der Waals surface area contributed by atoms with Crippen molar-refractivity contribution >= 4 is 17.0 Å². The third kappa shape index (κ3) is 2.83. The van der Waals surface area contributed by atoms with E-state index >= 15 is 0 Å². The van der Waals surface area contributed by atoms with Gasteiger partial charge in [0.25, 0.3) is 5.69 Å². The Bertz CT molecular complexity index is 569. The molecule has 0 saturated heterocycles. The van der Waals surface area contributed by atoms with Crippen molar-refractivity contribution in [1.29, 1.82) is 0 Å². The summed E-state index contributed by atoms with van der Waals surface area (Å²) in [4.78, 5) is 12.0. The molecule has 2 aromatic rings. The molecule has 0 aliphatic rings. The first-order valence-electron chi connectivity index (χ1n) is 6.03. The molecule has 1 aromatic carbocycles. The largest absolute Gasteiger partial charge is 0.330 e. The molecule has 1 aromatic heterocycles. The highest BCUT2D eigenvalue weighted by molar-refractivity contribution is 7.09. The maximum absolute atomic E-state index is 11.2. The summed E-state index contributed by atoms with van der Waals surface area (Å²) in [5.74, 6) is 0. The van der Waals surface area contributed by atoms with Crippen LogP contribution >= 0.6 is 11.3 Å². The standard InChI is InChI=1S/C14H16N2O2S/c1-14(10-15,9-11-5-4-8-19-11)12-6-2-3-7-13(12)16(17)18/h2-8H,9-10,15H2,1H3. The van der Waals surface area contributed by atoms with Crippen LogP contribution in [-0.4, -0.2) is 11.5 Å². The topological polar surface area (TPSA) is 69.2 Å². The van der Waals surface area contributed by atoms with E-state index in [-0.39, 0.29) is 10.6 Å². The first kappa shape index (κ1) is 13.7. The Morgan fingerprint density at radius 1 is 1.32 bits per heavy atom. The molecule has 4 nitrogen and oxygen atoms in total. The number of thiophene rings is 1. The Hall–Kier alpha value is -1.72. The summed E-state index contributed by atoms with van der Waals surface area (Å²) < 4.78 is 0. The number of nitrogens with two attached hydrogens (primary N) is 1. The van der Waals surface area contributed by atoms with Crippen LogP contribution in [-0.2, 0) is 11.8 Å². The van der Waals surface area contributed by atoms with E-state index in [4.69, 9.17) is 5.73 Å². The van der Waals surface area contributed by atoms with Gasteiger partial charge in [0.05, 0.1) is 4.92 Å². The number of nitro benzene ring substituents is 1. The van der Waals surface area contributed by atoms with E-state index in [1.807, 2.05) is 30.5 Å². The molecule has 2 N–H and O–H groups in total.